The average Bonchev–Trinajstić information content (AvgIpc) is 2.61. The van der Waals surface area contributed by atoms with Crippen molar-refractivity contribution in [3.63, 3.8) is 0 Å². The summed E-state index contributed by atoms with van der Waals surface area (Å²) in [6.07, 6.45) is 1.49. The van der Waals surface area contributed by atoms with E-state index in [1.807, 2.05) is 24.3 Å². The Morgan fingerprint density at radius 2 is 1.68 bits per heavy atom. The monoisotopic (exact) mass is 357 g/mol. The normalized spacial score (nSPS) is 10.9. The lowest BCUT2D eigenvalue weighted by atomic mass is 10.0. The number of nitrogens with one attached hydrogen (secondary N) is 2. The largest absolute Gasteiger partial charge is 0.344 e. The molecule has 0 atom stereocenters. The van der Waals surface area contributed by atoms with Gasteiger partial charge in [-0.25, -0.2) is 5.43 Å². The molecule has 0 spiro atoms. The molecule has 6 heteroatoms. The fourth-order valence-corrected chi connectivity index (χ4v) is 2.17. The van der Waals surface area contributed by atoms with Crippen LogP contribution < -0.4 is 10.7 Å². The molecular formula is C19H20ClN3O2. The molecule has 2 aromatic rings. The third-order valence-electron chi connectivity index (χ3n) is 3.56. The topological polar surface area (TPSA) is 70.6 Å². The summed E-state index contributed by atoms with van der Waals surface area (Å²) < 4.78 is 0. The molecule has 2 aromatic carbocycles. The molecule has 2 N–H and O–H groups in total. The number of carbonyl (C=O) groups excluding carboxylic acids is 2. The van der Waals surface area contributed by atoms with Gasteiger partial charge in [0.2, 0.25) is 0 Å². The Morgan fingerprint density at radius 1 is 1.04 bits per heavy atom. The zero-order chi connectivity index (χ0) is 18.2. The number of hydrazone groups is 1. The lowest BCUT2D eigenvalue weighted by Gasteiger charge is -2.05. The van der Waals surface area contributed by atoms with E-state index in [0.29, 0.717) is 10.9 Å². The minimum Gasteiger partial charge on any atom is -0.344 e. The number of nitrogens with zero attached hydrogens (tertiary/aromatic N) is 1. The van der Waals surface area contributed by atoms with Crippen LogP contribution in [-0.4, -0.2) is 18.0 Å². The molecular weight excluding hydrogens is 338 g/mol. The molecule has 0 aliphatic carbocycles. The van der Waals surface area contributed by atoms with Crippen LogP contribution in [0.25, 0.3) is 0 Å². The molecule has 25 heavy (non-hydrogen) atoms. The summed E-state index contributed by atoms with van der Waals surface area (Å²) in [4.78, 5) is 23.4. The molecule has 2 rings (SSSR count). The highest BCUT2D eigenvalue weighted by atomic mass is 35.5. The molecule has 130 valence electrons. The van der Waals surface area contributed by atoms with Crippen molar-refractivity contribution < 1.29 is 9.59 Å². The van der Waals surface area contributed by atoms with Gasteiger partial charge in [0.15, 0.2) is 0 Å². The minimum absolute atomic E-state index is 0.240. The molecule has 0 saturated carbocycles. The summed E-state index contributed by atoms with van der Waals surface area (Å²) in [5.41, 5.74) is 5.12. The lowest BCUT2D eigenvalue weighted by molar-refractivity contribution is -0.139. The SMILES string of the molecule is CC(C)c1ccc(/C=N\NC(=O)C(=O)NCc2ccc(Cl)cc2)cc1. The van der Waals surface area contributed by atoms with Gasteiger partial charge in [-0.1, -0.05) is 61.8 Å². The number of rotatable bonds is 5. The van der Waals surface area contributed by atoms with Crippen molar-refractivity contribution in [3.8, 4) is 0 Å². The van der Waals surface area contributed by atoms with Gasteiger partial charge in [0, 0.05) is 11.6 Å². The summed E-state index contributed by atoms with van der Waals surface area (Å²) in [7, 11) is 0. The van der Waals surface area contributed by atoms with E-state index in [1.54, 1.807) is 24.3 Å². The van der Waals surface area contributed by atoms with Gasteiger partial charge >= 0.3 is 11.8 Å². The molecule has 0 unspecified atom stereocenters. The van der Waals surface area contributed by atoms with E-state index < -0.39 is 11.8 Å². The predicted octanol–water partition coefficient (Wildman–Crippen LogP) is 3.23. The van der Waals surface area contributed by atoms with Crippen molar-refractivity contribution in [2.45, 2.75) is 26.3 Å². The van der Waals surface area contributed by atoms with Crippen molar-refractivity contribution in [1.29, 1.82) is 0 Å². The van der Waals surface area contributed by atoms with Crippen molar-refractivity contribution in [2.75, 3.05) is 0 Å². The maximum Gasteiger partial charge on any atom is 0.329 e. The van der Waals surface area contributed by atoms with E-state index in [-0.39, 0.29) is 6.54 Å². The molecule has 0 bridgehead atoms. The number of amides is 2. The van der Waals surface area contributed by atoms with E-state index in [0.717, 1.165) is 11.1 Å². The highest BCUT2D eigenvalue weighted by Gasteiger charge is 2.11. The molecule has 5 nitrogen and oxygen atoms in total. The summed E-state index contributed by atoms with van der Waals surface area (Å²) >= 11 is 5.79. The maximum atomic E-state index is 11.7. The molecule has 2 amide bonds. The Morgan fingerprint density at radius 3 is 2.28 bits per heavy atom. The van der Waals surface area contributed by atoms with Crippen LogP contribution in [0.3, 0.4) is 0 Å². The molecule has 0 saturated heterocycles. The first-order valence-electron chi connectivity index (χ1n) is 7.91. The highest BCUT2D eigenvalue weighted by molar-refractivity contribution is 6.35. The summed E-state index contributed by atoms with van der Waals surface area (Å²) in [5.74, 6) is -1.11. The Hall–Kier alpha value is -2.66. The van der Waals surface area contributed by atoms with Crippen molar-refractivity contribution >= 4 is 29.6 Å². The molecule has 0 heterocycles. The van der Waals surface area contributed by atoms with E-state index in [1.165, 1.54) is 11.8 Å². The van der Waals surface area contributed by atoms with E-state index in [4.69, 9.17) is 11.6 Å². The van der Waals surface area contributed by atoms with Gasteiger partial charge in [-0.2, -0.15) is 5.10 Å². The Labute approximate surface area is 152 Å². The van der Waals surface area contributed by atoms with Crippen LogP contribution in [0.4, 0.5) is 0 Å². The van der Waals surface area contributed by atoms with Gasteiger partial charge in [0.25, 0.3) is 0 Å². The number of halogens is 1. The summed E-state index contributed by atoms with van der Waals surface area (Å²) in [6.45, 7) is 4.47. The quantitative estimate of drug-likeness (QED) is 0.490. The Bertz CT molecular complexity index is 753. The highest BCUT2D eigenvalue weighted by Crippen LogP contribution is 2.13. The Balaban J connectivity index is 1.80. The third-order valence-corrected chi connectivity index (χ3v) is 3.81. The Kier molecular flexibility index (Phi) is 6.71. The number of hydrogen-bond donors (Lipinski definition) is 2. The minimum atomic E-state index is -0.816. The first kappa shape index (κ1) is 18.7. The summed E-state index contributed by atoms with van der Waals surface area (Å²) in [5, 5.41) is 6.93. The summed E-state index contributed by atoms with van der Waals surface area (Å²) in [6, 6.07) is 14.8. The third kappa shape index (κ3) is 6.04. The molecule has 0 radical (unpaired) electrons. The first-order chi connectivity index (χ1) is 12.0. The van der Waals surface area contributed by atoms with Gasteiger partial charge in [-0.3, -0.25) is 9.59 Å². The lowest BCUT2D eigenvalue weighted by Crippen LogP contribution is -2.37. The molecule has 0 aromatic heterocycles. The second-order valence-electron chi connectivity index (χ2n) is 5.83. The van der Waals surface area contributed by atoms with Gasteiger partial charge in [-0.15, -0.1) is 0 Å². The number of hydrogen-bond acceptors (Lipinski definition) is 3. The standard InChI is InChI=1S/C19H20ClN3O2/c1-13(2)16-7-3-15(4-8-16)12-22-23-19(25)18(24)21-11-14-5-9-17(20)10-6-14/h3-10,12-13H,11H2,1-2H3,(H,21,24)(H,23,25)/b22-12-. The second kappa shape index (κ2) is 8.99. The van der Waals surface area contributed by atoms with Crippen molar-refractivity contribution in [3.05, 3.63) is 70.2 Å². The van der Waals surface area contributed by atoms with Crippen LogP contribution in [0.2, 0.25) is 5.02 Å². The maximum absolute atomic E-state index is 11.7. The smallest absolute Gasteiger partial charge is 0.329 e. The zero-order valence-corrected chi connectivity index (χ0v) is 14.9. The molecule has 0 aliphatic heterocycles. The fraction of sp³-hybridized carbons (Fsp3) is 0.211. The average molecular weight is 358 g/mol. The van der Waals surface area contributed by atoms with Crippen LogP contribution in [-0.2, 0) is 16.1 Å². The number of carbonyl (C=O) groups is 2. The predicted molar refractivity (Wildman–Crippen MR) is 99.6 cm³/mol. The van der Waals surface area contributed by atoms with Gasteiger partial charge in [0.1, 0.15) is 0 Å². The van der Waals surface area contributed by atoms with E-state index in [9.17, 15) is 9.59 Å². The van der Waals surface area contributed by atoms with Crippen LogP contribution in [0.1, 0.15) is 36.5 Å². The fourth-order valence-electron chi connectivity index (χ4n) is 2.05. The van der Waals surface area contributed by atoms with Gasteiger partial charge < -0.3 is 5.32 Å². The van der Waals surface area contributed by atoms with Gasteiger partial charge in [-0.05, 0) is 34.7 Å². The number of benzene rings is 2. The first-order valence-corrected chi connectivity index (χ1v) is 8.29. The second-order valence-corrected chi connectivity index (χ2v) is 6.27. The van der Waals surface area contributed by atoms with Crippen LogP contribution in [0, 0.1) is 0 Å². The van der Waals surface area contributed by atoms with E-state index >= 15 is 0 Å². The van der Waals surface area contributed by atoms with E-state index in [2.05, 4.69) is 29.7 Å². The zero-order valence-electron chi connectivity index (χ0n) is 14.1. The van der Waals surface area contributed by atoms with Crippen molar-refractivity contribution in [1.82, 2.24) is 10.7 Å². The van der Waals surface area contributed by atoms with Crippen LogP contribution >= 0.6 is 11.6 Å². The molecule has 0 fully saturated rings. The van der Waals surface area contributed by atoms with Crippen LogP contribution in [0.5, 0.6) is 0 Å². The van der Waals surface area contributed by atoms with Gasteiger partial charge in [0.05, 0.1) is 6.21 Å². The molecule has 0 aliphatic rings. The van der Waals surface area contributed by atoms with Crippen LogP contribution in [0.15, 0.2) is 53.6 Å². The van der Waals surface area contributed by atoms with Crippen molar-refractivity contribution in [2.24, 2.45) is 5.10 Å².